The fourth-order valence-corrected chi connectivity index (χ4v) is 11.0. The topological polar surface area (TPSA) is 178 Å². The Labute approximate surface area is 346 Å². The smallest absolute Gasteiger partial charge is 0.407 e. The summed E-state index contributed by atoms with van der Waals surface area (Å²) in [5, 5.41) is 7.21. The standard InChI is InChI=1S/C44H58N6O8S/c1-5-29-23-44(29,41(53)48-59(55,56)31-18-19-31)47-38(51)34-22-30-25-50(34)40(52)36(28-14-8-9-15-28)46-42(54)57-26-43(3,4)20-12-6-7-13-21-49-24-27(2)35-32-16-10-11-17-33(32)45-39(58-30)37(35)49/h5,10-11,16-17,24,28-31,34,36H,1,6-9,12-15,18-23,25-26H2,2-4H3,(H,46,54)(H,47,51)(H,48,53)/t29-,30-,34+,36+,44-/m1/s1. The lowest BCUT2D eigenvalue weighted by Gasteiger charge is -2.32. The van der Waals surface area contributed by atoms with E-state index in [4.69, 9.17) is 14.5 Å². The Morgan fingerprint density at radius 3 is 2.51 bits per heavy atom. The summed E-state index contributed by atoms with van der Waals surface area (Å²) in [6, 6.07) is 5.87. The van der Waals surface area contributed by atoms with Crippen molar-refractivity contribution in [2.24, 2.45) is 17.3 Å². The Kier molecular flexibility index (Phi) is 11.2. The molecule has 0 radical (unpaired) electrons. The third-order valence-electron chi connectivity index (χ3n) is 13.2. The molecule has 4 heterocycles. The summed E-state index contributed by atoms with van der Waals surface area (Å²) in [5.41, 5.74) is 0.899. The minimum atomic E-state index is -3.90. The normalized spacial score (nSPS) is 28.4. The molecule has 4 amide bonds. The molecule has 14 nitrogen and oxygen atoms in total. The highest BCUT2D eigenvalue weighted by Gasteiger charge is 2.62. The van der Waals surface area contributed by atoms with Crippen LogP contribution >= 0.6 is 0 Å². The highest BCUT2D eigenvalue weighted by Crippen LogP contribution is 2.46. The molecule has 5 aliphatic rings. The van der Waals surface area contributed by atoms with Gasteiger partial charge >= 0.3 is 6.09 Å². The number of benzene rings is 1. The summed E-state index contributed by atoms with van der Waals surface area (Å²) in [7, 11) is -3.90. The number of fused-ring (bicyclic) bond motifs is 4. The van der Waals surface area contributed by atoms with Gasteiger partial charge in [-0.25, -0.2) is 18.2 Å². The highest BCUT2D eigenvalue weighted by atomic mass is 32.2. The average molecular weight is 831 g/mol. The van der Waals surface area contributed by atoms with Crippen molar-refractivity contribution in [3.63, 3.8) is 0 Å². The predicted molar refractivity (Wildman–Crippen MR) is 223 cm³/mol. The van der Waals surface area contributed by atoms with Crippen LogP contribution in [0.15, 0.2) is 43.1 Å². The number of alkyl carbamates (subject to hydrolysis) is 1. The first-order valence-corrected chi connectivity index (χ1v) is 23.0. The number of aromatic nitrogens is 2. The van der Waals surface area contributed by atoms with Crippen molar-refractivity contribution in [3.05, 3.63) is 48.7 Å². The lowest BCUT2D eigenvalue weighted by atomic mass is 9.88. The number of sulfonamides is 1. The third kappa shape index (κ3) is 8.40. The monoisotopic (exact) mass is 830 g/mol. The number of hydrogen-bond donors (Lipinski definition) is 3. The number of pyridine rings is 1. The molecule has 4 fully saturated rings. The number of nitrogens with one attached hydrogen (secondary N) is 3. The number of nitrogens with zero attached hydrogens (tertiary/aromatic N) is 3. The molecular weight excluding hydrogens is 773 g/mol. The zero-order chi connectivity index (χ0) is 41.7. The first-order chi connectivity index (χ1) is 28.2. The summed E-state index contributed by atoms with van der Waals surface area (Å²) in [6.07, 6.45) is 11.6. The van der Waals surface area contributed by atoms with Gasteiger partial charge in [-0.15, -0.1) is 6.58 Å². The van der Waals surface area contributed by atoms with Crippen LogP contribution in [0.3, 0.4) is 0 Å². The van der Waals surface area contributed by atoms with E-state index in [9.17, 15) is 27.6 Å². The number of cyclic esters (lactones) is 1. The second-order valence-electron chi connectivity index (χ2n) is 18.4. The van der Waals surface area contributed by atoms with Gasteiger partial charge in [-0.1, -0.05) is 70.2 Å². The Hall–Kier alpha value is -4.66. The average Bonchev–Trinajstić information content (AvgIpc) is 4.02. The third-order valence-corrected chi connectivity index (χ3v) is 15.1. The molecule has 2 aromatic heterocycles. The molecule has 0 unspecified atom stereocenters. The summed E-state index contributed by atoms with van der Waals surface area (Å²) >= 11 is 0. The van der Waals surface area contributed by atoms with Gasteiger partial charge in [-0.2, -0.15) is 0 Å². The van der Waals surface area contributed by atoms with Crippen molar-refractivity contribution in [1.29, 1.82) is 0 Å². The van der Waals surface area contributed by atoms with E-state index in [1.54, 1.807) is 0 Å². The molecule has 3 aromatic rings. The van der Waals surface area contributed by atoms with Crippen LogP contribution in [0.4, 0.5) is 4.79 Å². The van der Waals surface area contributed by atoms with Crippen molar-refractivity contribution >= 4 is 55.6 Å². The van der Waals surface area contributed by atoms with E-state index in [0.717, 1.165) is 91.7 Å². The van der Waals surface area contributed by atoms with Crippen LogP contribution in [0.25, 0.3) is 21.8 Å². The Balaban J connectivity index is 1.16. The van der Waals surface area contributed by atoms with E-state index in [1.165, 1.54) is 11.0 Å². The van der Waals surface area contributed by atoms with Crippen LogP contribution < -0.4 is 20.1 Å². The molecule has 15 heteroatoms. The first-order valence-electron chi connectivity index (χ1n) is 21.5. The van der Waals surface area contributed by atoms with Gasteiger partial charge in [-0.3, -0.25) is 19.1 Å². The maximum atomic E-state index is 15.0. The van der Waals surface area contributed by atoms with Crippen LogP contribution in [0.5, 0.6) is 5.88 Å². The molecule has 318 valence electrons. The molecular formula is C44H58N6O8S. The van der Waals surface area contributed by atoms with Gasteiger partial charge in [-0.05, 0) is 74.8 Å². The number of para-hydroxylation sites is 1. The number of rotatable bonds is 7. The molecule has 3 N–H and O–H groups in total. The molecule has 5 atom stereocenters. The molecule has 3 aliphatic carbocycles. The predicted octanol–water partition coefficient (Wildman–Crippen LogP) is 5.79. The molecule has 3 saturated carbocycles. The van der Waals surface area contributed by atoms with Crippen molar-refractivity contribution in [1.82, 2.24) is 29.8 Å². The summed E-state index contributed by atoms with van der Waals surface area (Å²) in [6.45, 7) is 11.0. The van der Waals surface area contributed by atoms with E-state index in [-0.39, 0.29) is 37.3 Å². The van der Waals surface area contributed by atoms with E-state index in [0.29, 0.717) is 18.7 Å². The van der Waals surface area contributed by atoms with Gasteiger partial charge in [0.25, 0.3) is 5.91 Å². The minimum Gasteiger partial charge on any atom is -0.471 e. The molecule has 2 aliphatic heterocycles. The maximum absolute atomic E-state index is 15.0. The highest BCUT2D eigenvalue weighted by molar-refractivity contribution is 7.91. The molecule has 1 aromatic carbocycles. The van der Waals surface area contributed by atoms with Crippen LogP contribution in [-0.2, 0) is 35.7 Å². The van der Waals surface area contributed by atoms with Crippen LogP contribution in [-0.4, -0.2) is 88.8 Å². The lowest BCUT2D eigenvalue weighted by molar-refractivity contribution is -0.142. The van der Waals surface area contributed by atoms with E-state index < -0.39 is 68.7 Å². The fraction of sp³-hybridized carbons (Fsp3) is 0.614. The number of hydrogen-bond acceptors (Lipinski definition) is 9. The van der Waals surface area contributed by atoms with Crippen molar-refractivity contribution in [2.75, 3.05) is 13.2 Å². The van der Waals surface area contributed by atoms with Crippen LogP contribution in [0, 0.1) is 24.2 Å². The number of carbonyl (C=O) groups excluding carboxylic acids is 4. The van der Waals surface area contributed by atoms with Gasteiger partial charge in [0, 0.05) is 35.9 Å². The minimum absolute atomic E-state index is 0.0136. The SMILES string of the molecule is C=C[C@@H]1C[C@]1(NC(=O)[C@@H]1C[C@@H]2CN1C(=O)[C@H](C1CCCC1)NC(=O)OCC(C)(C)CCCCCCn1cc(C)c3c4ccccc4nc(c31)O2)C(=O)NS(=O)(=O)C1CC1. The van der Waals surface area contributed by atoms with Crippen molar-refractivity contribution in [2.45, 2.75) is 140 Å². The molecule has 59 heavy (non-hydrogen) atoms. The van der Waals surface area contributed by atoms with Crippen molar-refractivity contribution in [3.8, 4) is 5.88 Å². The fourth-order valence-electron chi connectivity index (χ4n) is 9.61. The van der Waals surface area contributed by atoms with Gasteiger partial charge in [0.15, 0.2) is 0 Å². The summed E-state index contributed by atoms with van der Waals surface area (Å²) in [5.74, 6) is -2.13. The Morgan fingerprint density at radius 2 is 1.78 bits per heavy atom. The van der Waals surface area contributed by atoms with Crippen LogP contribution in [0.1, 0.15) is 103 Å². The summed E-state index contributed by atoms with van der Waals surface area (Å²) < 4.78 is 42.7. The quantitative estimate of drug-likeness (QED) is 0.249. The van der Waals surface area contributed by atoms with Gasteiger partial charge < -0.3 is 29.6 Å². The molecule has 8 rings (SSSR count). The molecule has 0 spiro atoms. The lowest BCUT2D eigenvalue weighted by Crippen LogP contribution is -2.59. The zero-order valence-electron chi connectivity index (χ0n) is 34.5. The van der Waals surface area contributed by atoms with Crippen LogP contribution in [0.2, 0.25) is 0 Å². The second-order valence-corrected chi connectivity index (χ2v) is 20.4. The number of aryl methyl sites for hydroxylation is 2. The van der Waals surface area contributed by atoms with E-state index in [1.807, 2.05) is 18.2 Å². The zero-order valence-corrected chi connectivity index (χ0v) is 35.3. The van der Waals surface area contributed by atoms with E-state index in [2.05, 4.69) is 59.5 Å². The van der Waals surface area contributed by atoms with Gasteiger partial charge in [0.1, 0.15) is 29.2 Å². The van der Waals surface area contributed by atoms with E-state index >= 15 is 0 Å². The number of amides is 4. The molecule has 2 bridgehead atoms. The van der Waals surface area contributed by atoms with Gasteiger partial charge in [0.2, 0.25) is 27.7 Å². The van der Waals surface area contributed by atoms with Crippen molar-refractivity contribution < 1.29 is 37.1 Å². The molecule has 1 saturated heterocycles. The van der Waals surface area contributed by atoms with Gasteiger partial charge in [0.05, 0.1) is 23.9 Å². The first kappa shape index (κ1) is 41.1. The Bertz CT molecular complexity index is 2260. The maximum Gasteiger partial charge on any atom is 0.407 e. The number of ether oxygens (including phenoxy) is 2. The summed E-state index contributed by atoms with van der Waals surface area (Å²) in [4.78, 5) is 63.3. The largest absolute Gasteiger partial charge is 0.471 e. The Morgan fingerprint density at radius 1 is 1.03 bits per heavy atom. The second kappa shape index (κ2) is 16.1. The number of carbonyl (C=O) groups is 4.